The quantitative estimate of drug-likeness (QED) is 0.668. The lowest BCUT2D eigenvalue weighted by Gasteiger charge is -2.18. The van der Waals surface area contributed by atoms with Gasteiger partial charge in [0.05, 0.1) is 6.10 Å². The lowest BCUT2D eigenvalue weighted by atomic mass is 9.89. The summed E-state index contributed by atoms with van der Waals surface area (Å²) < 4.78 is 0. The zero-order valence-electron chi connectivity index (χ0n) is 15.0. The third kappa shape index (κ3) is 3.25. The van der Waals surface area contributed by atoms with Crippen LogP contribution in [0.1, 0.15) is 41.0 Å². The molecule has 0 heterocycles. The van der Waals surface area contributed by atoms with Crippen LogP contribution in [0.2, 0.25) is 0 Å². The van der Waals surface area contributed by atoms with Gasteiger partial charge in [0.2, 0.25) is 0 Å². The van der Waals surface area contributed by atoms with E-state index in [1.54, 1.807) is 6.07 Å². The monoisotopic (exact) mass is 344 g/mol. The minimum atomic E-state index is -0.353. The number of hydrogen-bond donors (Lipinski definition) is 2. The van der Waals surface area contributed by atoms with Crippen LogP contribution in [0.5, 0.6) is 5.75 Å². The molecule has 0 spiro atoms. The third-order valence-corrected chi connectivity index (χ3v) is 5.40. The van der Waals surface area contributed by atoms with Gasteiger partial charge in [0.1, 0.15) is 5.75 Å². The lowest BCUT2D eigenvalue weighted by molar-refractivity contribution is 0.150. The minimum Gasteiger partial charge on any atom is -0.508 e. The van der Waals surface area contributed by atoms with Gasteiger partial charge in [-0.2, -0.15) is 0 Å². The fourth-order valence-corrected chi connectivity index (χ4v) is 4.08. The smallest absolute Gasteiger partial charge is 0.116 e. The van der Waals surface area contributed by atoms with Crippen molar-refractivity contribution in [1.82, 2.24) is 0 Å². The molecule has 3 aromatic carbocycles. The van der Waals surface area contributed by atoms with E-state index in [-0.39, 0.29) is 12.0 Å². The highest BCUT2D eigenvalue weighted by Gasteiger charge is 2.30. The SMILES string of the molecule is Cc1ccc2c(c1)-c1cc(O)ccc1C2CC(O)CCc1ccccc1. The summed E-state index contributed by atoms with van der Waals surface area (Å²) in [6, 6.07) is 22.4. The molecule has 0 saturated carbocycles. The minimum absolute atomic E-state index is 0.187. The van der Waals surface area contributed by atoms with Crippen molar-refractivity contribution >= 4 is 0 Å². The molecule has 0 amide bonds. The van der Waals surface area contributed by atoms with Crippen molar-refractivity contribution < 1.29 is 10.2 Å². The van der Waals surface area contributed by atoms with Crippen LogP contribution in [-0.2, 0) is 6.42 Å². The van der Waals surface area contributed by atoms with E-state index in [4.69, 9.17) is 0 Å². The fourth-order valence-electron chi connectivity index (χ4n) is 4.08. The number of aromatic hydroxyl groups is 1. The van der Waals surface area contributed by atoms with E-state index in [2.05, 4.69) is 37.3 Å². The fraction of sp³-hybridized carbons (Fsp3) is 0.250. The van der Waals surface area contributed by atoms with E-state index in [1.807, 2.05) is 30.3 Å². The first-order valence-corrected chi connectivity index (χ1v) is 9.27. The molecule has 1 aliphatic rings. The molecule has 0 bridgehead atoms. The van der Waals surface area contributed by atoms with Crippen molar-refractivity contribution in [2.24, 2.45) is 0 Å². The predicted molar refractivity (Wildman–Crippen MR) is 106 cm³/mol. The molecule has 0 radical (unpaired) electrons. The summed E-state index contributed by atoms with van der Waals surface area (Å²) in [5.74, 6) is 0.480. The van der Waals surface area contributed by atoms with E-state index < -0.39 is 0 Å². The second kappa shape index (κ2) is 6.97. The van der Waals surface area contributed by atoms with E-state index in [9.17, 15) is 10.2 Å². The van der Waals surface area contributed by atoms with Crippen LogP contribution in [0.25, 0.3) is 11.1 Å². The first-order valence-electron chi connectivity index (χ1n) is 9.27. The number of benzene rings is 3. The second-order valence-corrected chi connectivity index (χ2v) is 7.33. The first-order chi connectivity index (χ1) is 12.6. The number of phenolic OH excluding ortho intramolecular Hbond substituents is 1. The van der Waals surface area contributed by atoms with Crippen molar-refractivity contribution in [3.63, 3.8) is 0 Å². The standard InChI is InChI=1S/C24H24O2/c1-16-7-11-20-22(13-16)24-15-19(26)10-12-21(24)23(20)14-18(25)9-8-17-5-3-2-4-6-17/h2-7,10-13,15,18,23,25-26H,8-9,14H2,1H3. The summed E-state index contributed by atoms with van der Waals surface area (Å²) in [7, 11) is 0. The van der Waals surface area contributed by atoms with Gasteiger partial charge in [0.25, 0.3) is 0 Å². The van der Waals surface area contributed by atoms with Gasteiger partial charge in [0, 0.05) is 5.92 Å². The van der Waals surface area contributed by atoms with Crippen LogP contribution in [0.15, 0.2) is 66.7 Å². The third-order valence-electron chi connectivity index (χ3n) is 5.40. The summed E-state index contributed by atoms with van der Waals surface area (Å²) >= 11 is 0. The Morgan fingerprint density at radius 2 is 1.58 bits per heavy atom. The molecule has 1 aliphatic carbocycles. The Bertz CT molecular complexity index is 863. The molecule has 3 aromatic rings. The van der Waals surface area contributed by atoms with Crippen molar-refractivity contribution in [1.29, 1.82) is 0 Å². The summed E-state index contributed by atoms with van der Waals surface area (Å²) in [5.41, 5.74) is 7.24. The maximum absolute atomic E-state index is 10.7. The summed E-state index contributed by atoms with van der Waals surface area (Å²) in [6.45, 7) is 2.09. The zero-order chi connectivity index (χ0) is 18.1. The molecule has 0 saturated heterocycles. The Morgan fingerprint density at radius 1 is 0.885 bits per heavy atom. The molecule has 2 nitrogen and oxygen atoms in total. The number of aryl methyl sites for hydroxylation is 2. The highest BCUT2D eigenvalue weighted by molar-refractivity contribution is 5.80. The maximum Gasteiger partial charge on any atom is 0.116 e. The van der Waals surface area contributed by atoms with Gasteiger partial charge in [-0.25, -0.2) is 0 Å². The average molecular weight is 344 g/mol. The van der Waals surface area contributed by atoms with Crippen molar-refractivity contribution in [2.75, 3.05) is 0 Å². The Hall–Kier alpha value is -2.58. The molecule has 26 heavy (non-hydrogen) atoms. The van der Waals surface area contributed by atoms with E-state index >= 15 is 0 Å². The van der Waals surface area contributed by atoms with Crippen LogP contribution in [0.4, 0.5) is 0 Å². The van der Waals surface area contributed by atoms with E-state index in [0.717, 1.165) is 18.4 Å². The molecule has 0 aromatic heterocycles. The van der Waals surface area contributed by atoms with Crippen LogP contribution in [0, 0.1) is 6.92 Å². The molecule has 0 fully saturated rings. The molecule has 132 valence electrons. The number of phenols is 1. The maximum atomic E-state index is 10.7. The Morgan fingerprint density at radius 3 is 2.35 bits per heavy atom. The van der Waals surface area contributed by atoms with Gasteiger partial charge >= 0.3 is 0 Å². The van der Waals surface area contributed by atoms with Gasteiger partial charge in [0.15, 0.2) is 0 Å². The molecule has 2 N–H and O–H groups in total. The normalized spacial score (nSPS) is 16.2. The van der Waals surface area contributed by atoms with Gasteiger partial charge in [-0.1, -0.05) is 60.2 Å². The van der Waals surface area contributed by atoms with Crippen LogP contribution >= 0.6 is 0 Å². The highest BCUT2D eigenvalue weighted by Crippen LogP contribution is 2.48. The van der Waals surface area contributed by atoms with Crippen LogP contribution in [0.3, 0.4) is 0 Å². The number of fused-ring (bicyclic) bond motifs is 3. The zero-order valence-corrected chi connectivity index (χ0v) is 15.0. The molecule has 0 aliphatic heterocycles. The van der Waals surface area contributed by atoms with E-state index in [0.29, 0.717) is 12.2 Å². The Balaban J connectivity index is 1.57. The molecule has 2 atom stereocenters. The van der Waals surface area contributed by atoms with Crippen molar-refractivity contribution in [2.45, 2.75) is 38.2 Å². The van der Waals surface area contributed by atoms with Crippen molar-refractivity contribution in [3.05, 3.63) is 89.0 Å². The molecular formula is C24H24O2. The van der Waals surface area contributed by atoms with E-state index in [1.165, 1.54) is 27.8 Å². The first kappa shape index (κ1) is 16.9. The average Bonchev–Trinajstić information content (AvgIpc) is 2.93. The molecule has 2 heteroatoms. The van der Waals surface area contributed by atoms with Crippen LogP contribution < -0.4 is 0 Å². The lowest BCUT2D eigenvalue weighted by Crippen LogP contribution is -2.13. The Labute approximate surface area is 154 Å². The van der Waals surface area contributed by atoms with Crippen molar-refractivity contribution in [3.8, 4) is 16.9 Å². The number of aliphatic hydroxyl groups is 1. The van der Waals surface area contributed by atoms with Crippen LogP contribution in [-0.4, -0.2) is 16.3 Å². The highest BCUT2D eigenvalue weighted by atomic mass is 16.3. The number of hydrogen-bond acceptors (Lipinski definition) is 2. The van der Waals surface area contributed by atoms with Gasteiger partial charge in [-0.05, 0) is 66.1 Å². The molecule has 4 rings (SSSR count). The number of aliphatic hydroxyl groups excluding tert-OH is 1. The second-order valence-electron chi connectivity index (χ2n) is 7.33. The van der Waals surface area contributed by atoms with Gasteiger partial charge in [-0.15, -0.1) is 0 Å². The topological polar surface area (TPSA) is 40.5 Å². The Kier molecular flexibility index (Phi) is 4.52. The van der Waals surface area contributed by atoms with Gasteiger partial charge in [-0.3, -0.25) is 0 Å². The number of rotatable bonds is 5. The van der Waals surface area contributed by atoms with Gasteiger partial charge < -0.3 is 10.2 Å². The molecular weight excluding hydrogens is 320 g/mol. The summed E-state index contributed by atoms with van der Waals surface area (Å²) in [5, 5.41) is 20.6. The molecule has 2 unspecified atom stereocenters. The summed E-state index contributed by atoms with van der Waals surface area (Å²) in [4.78, 5) is 0. The summed E-state index contributed by atoms with van der Waals surface area (Å²) in [6.07, 6.45) is 2.00. The largest absolute Gasteiger partial charge is 0.508 e. The predicted octanol–water partition coefficient (Wildman–Crippen LogP) is 5.20.